The van der Waals surface area contributed by atoms with Crippen LogP contribution in [0, 0.1) is 0 Å². The molecule has 1 saturated heterocycles. The zero-order valence-corrected chi connectivity index (χ0v) is 18.0. The molecule has 2 heterocycles. The number of aryl methyl sites for hydroxylation is 1. The highest BCUT2D eigenvalue weighted by Crippen LogP contribution is 2.31. The van der Waals surface area contributed by atoms with Crippen LogP contribution in [0.4, 0.5) is 0 Å². The van der Waals surface area contributed by atoms with Crippen molar-refractivity contribution in [3.63, 3.8) is 0 Å². The van der Waals surface area contributed by atoms with Gasteiger partial charge in [0, 0.05) is 62.4 Å². The fourth-order valence-electron chi connectivity index (χ4n) is 4.37. The topological polar surface area (TPSA) is 86.0 Å². The molecule has 1 unspecified atom stereocenters. The lowest BCUT2D eigenvalue weighted by Gasteiger charge is -2.37. The third kappa shape index (κ3) is 4.59. The molecule has 1 fully saturated rings. The molecule has 3 aromatic rings. The van der Waals surface area contributed by atoms with Crippen molar-refractivity contribution < 1.29 is 19.8 Å². The number of carboxylic acids is 2. The van der Waals surface area contributed by atoms with E-state index < -0.39 is 18.0 Å². The Morgan fingerprint density at radius 2 is 1.75 bits per heavy atom. The van der Waals surface area contributed by atoms with Gasteiger partial charge >= 0.3 is 11.9 Å². The average Bonchev–Trinajstić information content (AvgIpc) is 3.11. The number of aromatic carboxylic acids is 1. The standard InChI is InChI=1S/C25H27N3O4/c1-26-17-21(20-16-19(24(29)30)9-10-22(20)26)23(25(31)32)28-14-12-27(13-15-28)11-5-8-18-6-3-2-4-7-18/h2-10,16-17,23H,11-15H2,1H3,(H,29,30)(H,31,32). The number of aliphatic carboxylic acids is 1. The van der Waals surface area contributed by atoms with Gasteiger partial charge in [-0.25, -0.2) is 4.79 Å². The van der Waals surface area contributed by atoms with E-state index in [4.69, 9.17) is 0 Å². The second-order valence-electron chi connectivity index (χ2n) is 8.12. The van der Waals surface area contributed by atoms with Gasteiger partial charge in [0.1, 0.15) is 6.04 Å². The number of nitrogens with zero attached hydrogens (tertiary/aromatic N) is 3. The van der Waals surface area contributed by atoms with Gasteiger partial charge < -0.3 is 14.8 Å². The van der Waals surface area contributed by atoms with Crippen LogP contribution in [-0.4, -0.2) is 69.2 Å². The molecule has 2 aromatic carbocycles. The maximum absolute atomic E-state index is 12.3. The van der Waals surface area contributed by atoms with Crippen LogP contribution in [0.1, 0.15) is 27.5 Å². The second kappa shape index (κ2) is 9.38. The van der Waals surface area contributed by atoms with E-state index in [2.05, 4.69) is 29.2 Å². The first kappa shape index (κ1) is 21.8. The zero-order chi connectivity index (χ0) is 22.7. The number of aromatic nitrogens is 1. The highest BCUT2D eigenvalue weighted by atomic mass is 16.4. The summed E-state index contributed by atoms with van der Waals surface area (Å²) in [6, 6.07) is 14.2. The molecule has 1 atom stereocenters. The summed E-state index contributed by atoms with van der Waals surface area (Å²) < 4.78 is 1.86. The van der Waals surface area contributed by atoms with Crippen molar-refractivity contribution >= 4 is 28.9 Å². The van der Waals surface area contributed by atoms with E-state index in [-0.39, 0.29) is 5.56 Å². The van der Waals surface area contributed by atoms with E-state index in [0.29, 0.717) is 24.0 Å². The summed E-state index contributed by atoms with van der Waals surface area (Å²) in [7, 11) is 1.85. The number of fused-ring (bicyclic) bond motifs is 1. The molecule has 0 saturated carbocycles. The van der Waals surface area contributed by atoms with E-state index >= 15 is 0 Å². The van der Waals surface area contributed by atoms with Crippen molar-refractivity contribution in [2.45, 2.75) is 6.04 Å². The minimum absolute atomic E-state index is 0.157. The van der Waals surface area contributed by atoms with Gasteiger partial charge in [0.05, 0.1) is 5.56 Å². The summed E-state index contributed by atoms with van der Waals surface area (Å²) in [5.41, 5.74) is 2.77. The maximum atomic E-state index is 12.3. The number of carboxylic acid groups (broad SMARTS) is 2. The van der Waals surface area contributed by atoms with Crippen molar-refractivity contribution in [1.82, 2.24) is 14.4 Å². The summed E-state index contributed by atoms with van der Waals surface area (Å²) in [5.74, 6) is -1.94. The van der Waals surface area contributed by atoms with Gasteiger partial charge in [-0.2, -0.15) is 0 Å². The summed E-state index contributed by atoms with van der Waals surface area (Å²) in [4.78, 5) is 28.0. The Hall–Kier alpha value is -3.42. The molecule has 166 valence electrons. The van der Waals surface area contributed by atoms with Crippen molar-refractivity contribution in [3.05, 3.63) is 77.5 Å². The van der Waals surface area contributed by atoms with Crippen LogP contribution in [0.15, 0.2) is 60.8 Å². The molecule has 7 heteroatoms. The van der Waals surface area contributed by atoms with Gasteiger partial charge in [-0.05, 0) is 23.8 Å². The zero-order valence-electron chi connectivity index (χ0n) is 18.0. The van der Waals surface area contributed by atoms with Crippen molar-refractivity contribution in [1.29, 1.82) is 0 Å². The SMILES string of the molecule is Cn1cc(C(C(=O)O)N2CCN(CC=Cc3ccccc3)CC2)c2cc(C(=O)O)ccc21. The van der Waals surface area contributed by atoms with Gasteiger partial charge in [-0.3, -0.25) is 14.6 Å². The molecule has 1 aromatic heterocycles. The fourth-order valence-corrected chi connectivity index (χ4v) is 4.37. The maximum Gasteiger partial charge on any atom is 0.335 e. The molecule has 32 heavy (non-hydrogen) atoms. The summed E-state index contributed by atoms with van der Waals surface area (Å²) >= 11 is 0. The molecule has 0 spiro atoms. The Morgan fingerprint density at radius 1 is 1.03 bits per heavy atom. The Balaban J connectivity index is 1.49. The molecule has 0 aliphatic carbocycles. The molecule has 4 rings (SSSR count). The third-order valence-corrected chi connectivity index (χ3v) is 6.04. The predicted molar refractivity (Wildman–Crippen MR) is 124 cm³/mol. The van der Waals surface area contributed by atoms with Crippen LogP contribution in [0.5, 0.6) is 0 Å². The van der Waals surface area contributed by atoms with E-state index in [9.17, 15) is 19.8 Å². The highest BCUT2D eigenvalue weighted by Gasteiger charge is 2.32. The van der Waals surface area contributed by atoms with Gasteiger partial charge in [-0.1, -0.05) is 42.5 Å². The van der Waals surface area contributed by atoms with Crippen molar-refractivity contribution in [3.8, 4) is 0 Å². The first-order chi connectivity index (χ1) is 15.4. The van der Waals surface area contributed by atoms with Gasteiger partial charge in [-0.15, -0.1) is 0 Å². The van der Waals surface area contributed by atoms with Crippen LogP contribution in [0.2, 0.25) is 0 Å². The second-order valence-corrected chi connectivity index (χ2v) is 8.12. The van der Waals surface area contributed by atoms with Gasteiger partial charge in [0.15, 0.2) is 0 Å². The number of carbonyl (C=O) groups is 2. The molecular formula is C25H27N3O4. The largest absolute Gasteiger partial charge is 0.480 e. The number of hydrogen-bond donors (Lipinski definition) is 2. The van der Waals surface area contributed by atoms with Crippen LogP contribution < -0.4 is 0 Å². The van der Waals surface area contributed by atoms with Crippen LogP contribution >= 0.6 is 0 Å². The lowest BCUT2D eigenvalue weighted by Crippen LogP contribution is -2.49. The summed E-state index contributed by atoms with van der Waals surface area (Å²) in [5, 5.41) is 20.1. The molecule has 7 nitrogen and oxygen atoms in total. The average molecular weight is 434 g/mol. The van der Waals surface area contributed by atoms with Crippen molar-refractivity contribution in [2.24, 2.45) is 7.05 Å². The third-order valence-electron chi connectivity index (χ3n) is 6.04. The molecule has 2 N–H and O–H groups in total. The Bertz CT molecular complexity index is 1140. The van der Waals surface area contributed by atoms with E-state index in [1.807, 2.05) is 40.9 Å². The summed E-state index contributed by atoms with van der Waals surface area (Å²) in [6.45, 7) is 3.62. The minimum atomic E-state index is -1.02. The molecule has 0 amide bonds. The predicted octanol–water partition coefficient (Wildman–Crippen LogP) is 3.33. The van der Waals surface area contributed by atoms with E-state index in [1.54, 1.807) is 18.2 Å². The Morgan fingerprint density at radius 3 is 2.41 bits per heavy atom. The van der Waals surface area contributed by atoms with E-state index in [0.717, 1.165) is 30.7 Å². The fraction of sp³-hybridized carbons (Fsp3) is 0.280. The normalized spacial score (nSPS) is 16.5. The molecule has 1 aliphatic rings. The number of hydrogen-bond acceptors (Lipinski definition) is 4. The lowest BCUT2D eigenvalue weighted by molar-refractivity contribution is -0.144. The smallest absolute Gasteiger partial charge is 0.335 e. The van der Waals surface area contributed by atoms with Crippen LogP contribution in [-0.2, 0) is 11.8 Å². The lowest BCUT2D eigenvalue weighted by atomic mass is 10.0. The van der Waals surface area contributed by atoms with Crippen LogP contribution in [0.3, 0.4) is 0 Å². The summed E-state index contributed by atoms with van der Waals surface area (Å²) in [6.07, 6.45) is 6.05. The monoisotopic (exact) mass is 433 g/mol. The van der Waals surface area contributed by atoms with Gasteiger partial charge in [0.2, 0.25) is 0 Å². The Labute approximate surface area is 186 Å². The first-order valence-corrected chi connectivity index (χ1v) is 10.7. The van der Waals surface area contributed by atoms with Gasteiger partial charge in [0.25, 0.3) is 0 Å². The molecule has 0 radical (unpaired) electrons. The van der Waals surface area contributed by atoms with Crippen molar-refractivity contribution in [2.75, 3.05) is 32.7 Å². The van der Waals surface area contributed by atoms with Crippen LogP contribution in [0.25, 0.3) is 17.0 Å². The molecular weight excluding hydrogens is 406 g/mol. The molecule has 0 bridgehead atoms. The highest BCUT2D eigenvalue weighted by molar-refractivity contribution is 5.96. The minimum Gasteiger partial charge on any atom is -0.480 e. The quantitative estimate of drug-likeness (QED) is 0.595. The van der Waals surface area contributed by atoms with E-state index in [1.165, 1.54) is 0 Å². The number of rotatable bonds is 7. The first-order valence-electron chi connectivity index (χ1n) is 10.7. The number of piperazine rings is 1. The Kier molecular flexibility index (Phi) is 6.39. The molecule has 1 aliphatic heterocycles. The number of benzene rings is 2.